The van der Waals surface area contributed by atoms with Crippen molar-refractivity contribution in [1.29, 1.82) is 0 Å². The standard InChI is InChI=1S/C20H22FN7OS/c1-13(15-6-4-3-5-7-15)23-18(29)12-30-20-27-26-19(28(20)22)25-24-14(2)16-8-10-17(21)11-9-16/h3-11,13H,12,22H2,1-2H3,(H,23,29)(H,25,26)/b24-14+. The number of aromatic nitrogens is 3. The van der Waals surface area contributed by atoms with Crippen molar-refractivity contribution in [3.05, 3.63) is 71.5 Å². The summed E-state index contributed by atoms with van der Waals surface area (Å²) in [7, 11) is 0. The van der Waals surface area contributed by atoms with Crippen molar-refractivity contribution >= 4 is 29.3 Å². The van der Waals surface area contributed by atoms with Gasteiger partial charge in [0.05, 0.1) is 17.5 Å². The number of carbonyl (C=O) groups is 1. The minimum absolute atomic E-state index is 0.101. The van der Waals surface area contributed by atoms with Crippen LogP contribution in [0.3, 0.4) is 0 Å². The van der Waals surface area contributed by atoms with E-state index in [1.54, 1.807) is 19.1 Å². The Hall–Kier alpha value is -3.40. The number of thioether (sulfide) groups is 1. The van der Waals surface area contributed by atoms with Crippen LogP contribution in [0.25, 0.3) is 0 Å². The molecule has 1 heterocycles. The van der Waals surface area contributed by atoms with Crippen molar-refractivity contribution in [2.75, 3.05) is 17.0 Å². The number of halogens is 1. The molecule has 8 nitrogen and oxygen atoms in total. The third kappa shape index (κ3) is 5.57. The number of hydrazone groups is 1. The average Bonchev–Trinajstić information content (AvgIpc) is 3.11. The Morgan fingerprint density at radius 1 is 1.20 bits per heavy atom. The molecule has 10 heteroatoms. The van der Waals surface area contributed by atoms with Crippen LogP contribution in [0.15, 0.2) is 64.9 Å². The van der Waals surface area contributed by atoms with Gasteiger partial charge in [-0.2, -0.15) is 5.10 Å². The molecule has 0 spiro atoms. The lowest BCUT2D eigenvalue weighted by molar-refractivity contribution is -0.119. The summed E-state index contributed by atoms with van der Waals surface area (Å²) in [5.41, 5.74) is 5.14. The zero-order valence-electron chi connectivity index (χ0n) is 16.5. The van der Waals surface area contributed by atoms with Gasteiger partial charge in [-0.1, -0.05) is 54.2 Å². The van der Waals surface area contributed by atoms with Crippen molar-refractivity contribution in [3.63, 3.8) is 0 Å². The summed E-state index contributed by atoms with van der Waals surface area (Å²) in [6.45, 7) is 3.69. The van der Waals surface area contributed by atoms with E-state index in [-0.39, 0.29) is 29.5 Å². The van der Waals surface area contributed by atoms with Gasteiger partial charge in [-0.15, -0.1) is 10.2 Å². The summed E-state index contributed by atoms with van der Waals surface area (Å²) in [5, 5.41) is 15.4. The number of benzene rings is 2. The molecule has 0 radical (unpaired) electrons. The number of nitrogens with one attached hydrogen (secondary N) is 2. The van der Waals surface area contributed by atoms with Gasteiger partial charge >= 0.3 is 0 Å². The lowest BCUT2D eigenvalue weighted by atomic mass is 10.1. The van der Waals surface area contributed by atoms with Crippen LogP contribution in [0.5, 0.6) is 0 Å². The topological polar surface area (TPSA) is 110 Å². The number of hydrogen-bond donors (Lipinski definition) is 3. The first-order chi connectivity index (χ1) is 14.4. The van der Waals surface area contributed by atoms with Crippen molar-refractivity contribution in [2.24, 2.45) is 5.10 Å². The molecule has 1 unspecified atom stereocenters. The minimum atomic E-state index is -0.315. The summed E-state index contributed by atoms with van der Waals surface area (Å²) in [6, 6.07) is 15.6. The fourth-order valence-electron chi connectivity index (χ4n) is 2.58. The zero-order chi connectivity index (χ0) is 21.5. The van der Waals surface area contributed by atoms with Crippen molar-refractivity contribution in [2.45, 2.75) is 25.0 Å². The Bertz CT molecular complexity index is 1020. The Balaban J connectivity index is 1.54. The van der Waals surface area contributed by atoms with E-state index >= 15 is 0 Å². The Morgan fingerprint density at radius 2 is 1.90 bits per heavy atom. The zero-order valence-corrected chi connectivity index (χ0v) is 17.4. The number of nitrogen functional groups attached to an aromatic ring is 1. The van der Waals surface area contributed by atoms with Gasteiger partial charge in [-0.25, -0.2) is 14.5 Å². The second kappa shape index (κ2) is 9.88. The van der Waals surface area contributed by atoms with E-state index in [1.165, 1.54) is 28.6 Å². The molecule has 4 N–H and O–H groups in total. The van der Waals surface area contributed by atoms with Gasteiger partial charge in [0.15, 0.2) is 0 Å². The molecule has 1 amide bonds. The van der Waals surface area contributed by atoms with Crippen LogP contribution in [0.1, 0.15) is 31.0 Å². The van der Waals surface area contributed by atoms with Crippen LogP contribution in [0.4, 0.5) is 10.3 Å². The smallest absolute Gasteiger partial charge is 0.264 e. The van der Waals surface area contributed by atoms with E-state index < -0.39 is 0 Å². The summed E-state index contributed by atoms with van der Waals surface area (Å²) in [6.07, 6.45) is 0. The Kier molecular flexibility index (Phi) is 7.02. The number of anilines is 1. The van der Waals surface area contributed by atoms with Gasteiger partial charge < -0.3 is 11.2 Å². The summed E-state index contributed by atoms with van der Waals surface area (Å²) in [5.74, 6) is 5.89. The molecule has 156 valence electrons. The largest absolute Gasteiger partial charge is 0.349 e. The Labute approximate surface area is 177 Å². The highest BCUT2D eigenvalue weighted by Gasteiger charge is 2.14. The first-order valence-electron chi connectivity index (χ1n) is 9.18. The number of carbonyl (C=O) groups excluding carboxylic acids is 1. The van der Waals surface area contributed by atoms with Crippen molar-refractivity contribution < 1.29 is 9.18 Å². The van der Waals surface area contributed by atoms with Crippen LogP contribution < -0.4 is 16.6 Å². The maximum Gasteiger partial charge on any atom is 0.264 e. The minimum Gasteiger partial charge on any atom is -0.349 e. The first-order valence-corrected chi connectivity index (χ1v) is 10.2. The van der Waals surface area contributed by atoms with Gasteiger partial charge in [-0.3, -0.25) is 4.79 Å². The first kappa shape index (κ1) is 21.3. The maximum absolute atomic E-state index is 13.0. The lowest BCUT2D eigenvalue weighted by Gasteiger charge is -2.13. The summed E-state index contributed by atoms with van der Waals surface area (Å²) < 4.78 is 14.2. The van der Waals surface area contributed by atoms with Gasteiger partial charge in [0.25, 0.3) is 5.95 Å². The molecule has 0 bridgehead atoms. The fraction of sp³-hybridized carbons (Fsp3) is 0.200. The van der Waals surface area contributed by atoms with Gasteiger partial charge in [0, 0.05) is 0 Å². The van der Waals surface area contributed by atoms with E-state index in [2.05, 4.69) is 26.0 Å². The SMILES string of the molecule is C/C(=N\Nc1nnc(SCC(=O)NC(C)c2ccccc2)n1N)c1ccc(F)cc1. The normalized spacial score (nSPS) is 12.4. The average molecular weight is 428 g/mol. The number of nitrogens with zero attached hydrogens (tertiary/aromatic N) is 4. The number of hydrogen-bond acceptors (Lipinski definition) is 7. The van der Waals surface area contributed by atoms with E-state index in [1.807, 2.05) is 37.3 Å². The molecular formula is C20H22FN7OS. The number of amides is 1. The number of nitrogens with two attached hydrogens (primary N) is 1. The molecule has 0 fully saturated rings. The number of rotatable bonds is 8. The molecule has 0 aliphatic rings. The van der Waals surface area contributed by atoms with Crippen molar-refractivity contribution in [1.82, 2.24) is 20.2 Å². The molecule has 30 heavy (non-hydrogen) atoms. The third-order valence-electron chi connectivity index (χ3n) is 4.26. The molecule has 0 saturated carbocycles. The van der Waals surface area contributed by atoms with E-state index in [4.69, 9.17) is 5.84 Å². The highest BCUT2D eigenvalue weighted by atomic mass is 32.2. The molecule has 0 aliphatic carbocycles. The van der Waals surface area contributed by atoms with E-state index in [0.29, 0.717) is 10.9 Å². The van der Waals surface area contributed by atoms with Crippen LogP contribution in [-0.4, -0.2) is 32.2 Å². The quantitative estimate of drug-likeness (QED) is 0.221. The molecule has 1 aromatic heterocycles. The van der Waals surface area contributed by atoms with Crippen LogP contribution >= 0.6 is 11.8 Å². The third-order valence-corrected chi connectivity index (χ3v) is 5.20. The van der Waals surface area contributed by atoms with E-state index in [0.717, 1.165) is 11.1 Å². The Morgan fingerprint density at radius 3 is 2.60 bits per heavy atom. The second-order valence-corrected chi connectivity index (χ2v) is 7.42. The van der Waals surface area contributed by atoms with E-state index in [9.17, 15) is 9.18 Å². The van der Waals surface area contributed by atoms with Gasteiger partial charge in [-0.05, 0) is 37.1 Å². The van der Waals surface area contributed by atoms with Crippen LogP contribution in [0, 0.1) is 5.82 Å². The van der Waals surface area contributed by atoms with Crippen LogP contribution in [-0.2, 0) is 4.79 Å². The van der Waals surface area contributed by atoms with Gasteiger partial charge in [0.2, 0.25) is 11.1 Å². The summed E-state index contributed by atoms with van der Waals surface area (Å²) >= 11 is 1.17. The molecule has 0 aliphatic heterocycles. The monoisotopic (exact) mass is 427 g/mol. The fourth-order valence-corrected chi connectivity index (χ4v) is 3.25. The molecule has 1 atom stereocenters. The highest BCUT2D eigenvalue weighted by molar-refractivity contribution is 7.99. The molecule has 0 saturated heterocycles. The predicted octanol–water partition coefficient (Wildman–Crippen LogP) is 2.94. The molecule has 2 aromatic carbocycles. The molecule has 3 rings (SSSR count). The maximum atomic E-state index is 13.0. The molecule has 3 aromatic rings. The lowest BCUT2D eigenvalue weighted by Crippen LogP contribution is -2.28. The van der Waals surface area contributed by atoms with Crippen LogP contribution in [0.2, 0.25) is 0 Å². The van der Waals surface area contributed by atoms with Crippen molar-refractivity contribution in [3.8, 4) is 0 Å². The molecular weight excluding hydrogens is 405 g/mol. The highest BCUT2D eigenvalue weighted by Crippen LogP contribution is 2.18. The second-order valence-electron chi connectivity index (χ2n) is 6.48. The predicted molar refractivity (Wildman–Crippen MR) is 116 cm³/mol. The summed E-state index contributed by atoms with van der Waals surface area (Å²) in [4.78, 5) is 12.2. The van der Waals surface area contributed by atoms with Gasteiger partial charge in [0.1, 0.15) is 5.82 Å².